The summed E-state index contributed by atoms with van der Waals surface area (Å²) in [4.78, 5) is 6.87. The molecule has 0 saturated heterocycles. The van der Waals surface area contributed by atoms with Gasteiger partial charge in [-0.25, -0.2) is 22.5 Å². The molecule has 2 N–H and O–H groups in total. The molecule has 1 unspecified atom stereocenters. The summed E-state index contributed by atoms with van der Waals surface area (Å²) in [5.41, 5.74) is 0.494. The molecular weight excluding hydrogens is 281 g/mol. The van der Waals surface area contributed by atoms with Gasteiger partial charge in [0.15, 0.2) is 0 Å². The minimum absolute atomic E-state index is 0.0532. The lowest BCUT2D eigenvalue weighted by Crippen LogP contribution is -2.29. The summed E-state index contributed by atoms with van der Waals surface area (Å²) in [6.45, 7) is 3.47. The number of aromatic nitrogens is 2. The zero-order chi connectivity index (χ0) is 14.8. The fraction of sp³-hybridized carbons (Fsp3) is 0.308. The Morgan fingerprint density at radius 3 is 2.80 bits per heavy atom. The summed E-state index contributed by atoms with van der Waals surface area (Å²) in [6.07, 6.45) is 3.71. The largest absolute Gasteiger partial charge is 0.347 e. The summed E-state index contributed by atoms with van der Waals surface area (Å²) in [7, 11) is -3.80. The number of hydrogen-bond acceptors (Lipinski definition) is 3. The second kappa shape index (κ2) is 5.72. The van der Waals surface area contributed by atoms with E-state index in [0.29, 0.717) is 17.8 Å². The van der Waals surface area contributed by atoms with E-state index in [0.717, 1.165) is 6.07 Å². The average molecular weight is 297 g/mol. The minimum atomic E-state index is -3.80. The second-order valence-electron chi connectivity index (χ2n) is 4.47. The molecule has 2 rings (SSSR count). The van der Waals surface area contributed by atoms with E-state index in [1.54, 1.807) is 19.3 Å². The number of H-pyrrole nitrogens is 1. The monoisotopic (exact) mass is 297 g/mol. The molecule has 1 heterocycles. The van der Waals surface area contributed by atoms with Crippen molar-refractivity contribution >= 4 is 10.0 Å². The highest BCUT2D eigenvalue weighted by Gasteiger charge is 2.23. The van der Waals surface area contributed by atoms with Crippen LogP contribution >= 0.6 is 0 Å². The van der Waals surface area contributed by atoms with Crippen LogP contribution in [0.25, 0.3) is 0 Å². The highest BCUT2D eigenvalue weighted by molar-refractivity contribution is 7.89. The van der Waals surface area contributed by atoms with Gasteiger partial charge >= 0.3 is 0 Å². The van der Waals surface area contributed by atoms with Gasteiger partial charge in [0, 0.05) is 12.4 Å². The zero-order valence-corrected chi connectivity index (χ0v) is 12.0. The maximum atomic E-state index is 13.3. The van der Waals surface area contributed by atoms with E-state index in [4.69, 9.17) is 0 Å². The normalized spacial score (nSPS) is 13.3. The third-order valence-corrected chi connectivity index (χ3v) is 4.61. The number of aromatic amines is 1. The minimum Gasteiger partial charge on any atom is -0.347 e. The first-order valence-corrected chi connectivity index (χ1v) is 7.70. The highest BCUT2D eigenvalue weighted by Crippen LogP contribution is 2.20. The molecule has 0 amide bonds. The molecule has 2 aromatic rings. The predicted molar refractivity (Wildman–Crippen MR) is 73.1 cm³/mol. The molecule has 0 aliphatic carbocycles. The van der Waals surface area contributed by atoms with Crippen LogP contribution in [0, 0.1) is 12.7 Å². The molecule has 0 aliphatic rings. The van der Waals surface area contributed by atoms with Crippen LogP contribution in [0.2, 0.25) is 0 Å². The Kier molecular flexibility index (Phi) is 4.20. The number of halogens is 1. The summed E-state index contributed by atoms with van der Waals surface area (Å²) in [5.74, 6) is -0.0489. The average Bonchev–Trinajstić information content (AvgIpc) is 2.92. The number of nitrogens with one attached hydrogen (secondary N) is 2. The van der Waals surface area contributed by atoms with Crippen molar-refractivity contribution < 1.29 is 12.8 Å². The number of sulfonamides is 1. The first-order chi connectivity index (χ1) is 9.44. The fourth-order valence-corrected chi connectivity index (χ4v) is 3.45. The molecule has 108 valence electrons. The van der Waals surface area contributed by atoms with Crippen molar-refractivity contribution in [3.63, 3.8) is 0 Å². The lowest BCUT2D eigenvalue weighted by atomic mass is 10.2. The first kappa shape index (κ1) is 14.7. The third kappa shape index (κ3) is 3.05. The number of nitrogens with zero attached hydrogens (tertiary/aromatic N) is 1. The summed E-state index contributed by atoms with van der Waals surface area (Å²) in [6, 6.07) is 3.22. The van der Waals surface area contributed by atoms with Crippen molar-refractivity contribution in [3.05, 3.63) is 47.8 Å². The Labute approximate surface area is 117 Å². The molecular formula is C13H16FN3O2S. The van der Waals surface area contributed by atoms with E-state index in [1.807, 2.05) is 6.92 Å². The number of benzene rings is 1. The number of hydrogen-bond donors (Lipinski definition) is 2. The quantitative estimate of drug-likeness (QED) is 0.889. The predicted octanol–water partition coefficient (Wildman–Crippen LogP) is 2.29. The Hall–Kier alpha value is -1.73. The van der Waals surface area contributed by atoms with Crippen molar-refractivity contribution in [2.24, 2.45) is 0 Å². The van der Waals surface area contributed by atoms with E-state index in [9.17, 15) is 12.8 Å². The van der Waals surface area contributed by atoms with Gasteiger partial charge in [-0.2, -0.15) is 0 Å². The van der Waals surface area contributed by atoms with E-state index in [1.165, 1.54) is 12.1 Å². The molecule has 0 fully saturated rings. The Bertz CT molecular complexity index is 684. The number of imidazole rings is 1. The van der Waals surface area contributed by atoms with Gasteiger partial charge in [-0.3, -0.25) is 0 Å². The van der Waals surface area contributed by atoms with Gasteiger partial charge in [-0.1, -0.05) is 13.0 Å². The third-order valence-electron chi connectivity index (χ3n) is 2.99. The van der Waals surface area contributed by atoms with Crippen LogP contribution < -0.4 is 4.72 Å². The lowest BCUT2D eigenvalue weighted by Gasteiger charge is -2.16. The van der Waals surface area contributed by atoms with Gasteiger partial charge in [-0.05, 0) is 31.0 Å². The van der Waals surface area contributed by atoms with Gasteiger partial charge in [0.1, 0.15) is 11.6 Å². The van der Waals surface area contributed by atoms with E-state index >= 15 is 0 Å². The van der Waals surface area contributed by atoms with Crippen LogP contribution in [0.1, 0.15) is 30.8 Å². The molecule has 20 heavy (non-hydrogen) atoms. The van der Waals surface area contributed by atoms with Crippen molar-refractivity contribution in [3.8, 4) is 0 Å². The van der Waals surface area contributed by atoms with Gasteiger partial charge in [-0.15, -0.1) is 0 Å². The summed E-state index contributed by atoms with van der Waals surface area (Å²) < 4.78 is 40.5. The molecule has 5 nitrogen and oxygen atoms in total. The molecule has 0 saturated carbocycles. The Morgan fingerprint density at radius 1 is 1.45 bits per heavy atom. The number of rotatable bonds is 5. The highest BCUT2D eigenvalue weighted by atomic mass is 32.2. The first-order valence-electron chi connectivity index (χ1n) is 6.22. The van der Waals surface area contributed by atoms with Crippen LogP contribution in [-0.2, 0) is 10.0 Å². The molecule has 0 spiro atoms. The van der Waals surface area contributed by atoms with Crippen molar-refractivity contribution in [2.45, 2.75) is 31.2 Å². The van der Waals surface area contributed by atoms with E-state index < -0.39 is 21.9 Å². The van der Waals surface area contributed by atoms with Gasteiger partial charge in [0.2, 0.25) is 10.0 Å². The molecule has 0 bridgehead atoms. The molecule has 1 aromatic heterocycles. The van der Waals surface area contributed by atoms with E-state index in [2.05, 4.69) is 14.7 Å². The summed E-state index contributed by atoms with van der Waals surface area (Å²) in [5, 5.41) is 0. The van der Waals surface area contributed by atoms with Crippen LogP contribution in [0.3, 0.4) is 0 Å². The maximum absolute atomic E-state index is 13.3. The van der Waals surface area contributed by atoms with Crippen LogP contribution in [0.15, 0.2) is 35.5 Å². The zero-order valence-electron chi connectivity index (χ0n) is 11.2. The van der Waals surface area contributed by atoms with E-state index in [-0.39, 0.29) is 4.90 Å². The standard InChI is InChI=1S/C13H16FN3O2S/c1-3-11(13-15-6-7-16-13)17-20(18,19)12-8-10(14)5-4-9(12)2/h4-8,11,17H,3H2,1-2H3,(H,15,16). The fourth-order valence-electron chi connectivity index (χ4n) is 1.91. The lowest BCUT2D eigenvalue weighted by molar-refractivity contribution is 0.537. The second-order valence-corrected chi connectivity index (χ2v) is 6.15. The van der Waals surface area contributed by atoms with Crippen molar-refractivity contribution in [2.75, 3.05) is 0 Å². The molecule has 7 heteroatoms. The SMILES string of the molecule is CCC(NS(=O)(=O)c1cc(F)ccc1C)c1ncc[nH]1. The smallest absolute Gasteiger partial charge is 0.241 e. The molecule has 0 aliphatic heterocycles. The van der Waals surface area contributed by atoms with Crippen LogP contribution in [-0.4, -0.2) is 18.4 Å². The van der Waals surface area contributed by atoms with Crippen LogP contribution in [0.5, 0.6) is 0 Å². The van der Waals surface area contributed by atoms with Crippen LogP contribution in [0.4, 0.5) is 4.39 Å². The maximum Gasteiger partial charge on any atom is 0.241 e. The Balaban J connectivity index is 2.33. The summed E-state index contributed by atoms with van der Waals surface area (Å²) >= 11 is 0. The molecule has 1 aromatic carbocycles. The van der Waals surface area contributed by atoms with Gasteiger partial charge < -0.3 is 4.98 Å². The van der Waals surface area contributed by atoms with Gasteiger partial charge in [0.25, 0.3) is 0 Å². The topological polar surface area (TPSA) is 74.8 Å². The molecule has 0 radical (unpaired) electrons. The number of aryl methyl sites for hydroxylation is 1. The Morgan fingerprint density at radius 2 is 2.20 bits per heavy atom. The molecule has 1 atom stereocenters. The van der Waals surface area contributed by atoms with Gasteiger partial charge in [0.05, 0.1) is 10.9 Å². The van der Waals surface area contributed by atoms with Crippen molar-refractivity contribution in [1.82, 2.24) is 14.7 Å². The van der Waals surface area contributed by atoms with Crippen molar-refractivity contribution in [1.29, 1.82) is 0 Å².